The van der Waals surface area contributed by atoms with E-state index in [4.69, 9.17) is 9.15 Å². The summed E-state index contributed by atoms with van der Waals surface area (Å²) in [6.45, 7) is 6.16. The predicted molar refractivity (Wildman–Crippen MR) is 102 cm³/mol. The third-order valence-electron chi connectivity index (χ3n) is 3.79. The zero-order valence-corrected chi connectivity index (χ0v) is 16.1. The fourth-order valence-corrected chi connectivity index (χ4v) is 2.11. The molecule has 0 aliphatic carbocycles. The Kier molecular flexibility index (Phi) is 6.92. The van der Waals surface area contributed by atoms with Crippen molar-refractivity contribution in [3.8, 4) is 29.2 Å². The van der Waals surface area contributed by atoms with Gasteiger partial charge in [-0.15, -0.1) is 5.10 Å². The van der Waals surface area contributed by atoms with E-state index >= 15 is 0 Å². The van der Waals surface area contributed by atoms with E-state index in [2.05, 4.69) is 37.7 Å². The van der Waals surface area contributed by atoms with Crippen LogP contribution in [-0.4, -0.2) is 46.8 Å². The molecule has 3 amide bonds. The molecule has 0 bridgehead atoms. The Morgan fingerprint density at radius 1 is 1.36 bits per heavy atom. The Morgan fingerprint density at radius 3 is 2.79 bits per heavy atom. The van der Waals surface area contributed by atoms with E-state index in [0.29, 0.717) is 42.5 Å². The lowest BCUT2D eigenvalue weighted by molar-refractivity contribution is -0.108. The lowest BCUT2D eigenvalue weighted by atomic mass is 9.99. The lowest BCUT2D eigenvalue weighted by Crippen LogP contribution is -2.48. The minimum Gasteiger partial charge on any atom is -0.494 e. The van der Waals surface area contributed by atoms with Crippen molar-refractivity contribution in [3.63, 3.8) is 0 Å². The molecule has 0 spiro atoms. The van der Waals surface area contributed by atoms with Crippen molar-refractivity contribution in [2.24, 2.45) is 0 Å². The Balaban J connectivity index is 2.34. The molecule has 0 fully saturated rings. The number of carbonyl (C=O) groups excluding carboxylic acids is 2. The summed E-state index contributed by atoms with van der Waals surface area (Å²) in [5.41, 5.74) is -0.0922. The van der Waals surface area contributed by atoms with Crippen molar-refractivity contribution in [1.82, 2.24) is 25.8 Å². The number of anilines is 1. The van der Waals surface area contributed by atoms with E-state index in [0.717, 1.165) is 0 Å². The minimum absolute atomic E-state index is 0.239. The highest BCUT2D eigenvalue weighted by atomic mass is 16.5. The molecule has 3 N–H and O–H groups in total. The van der Waals surface area contributed by atoms with E-state index in [9.17, 15) is 9.59 Å². The Hall–Kier alpha value is -3.61. The summed E-state index contributed by atoms with van der Waals surface area (Å²) in [7, 11) is 1.51. The highest BCUT2D eigenvalue weighted by Gasteiger charge is 2.22. The van der Waals surface area contributed by atoms with Crippen LogP contribution in [0.1, 0.15) is 32.9 Å². The van der Waals surface area contributed by atoms with Gasteiger partial charge in [0.2, 0.25) is 6.41 Å². The number of nitrogens with zero attached hydrogens (tertiary/aromatic N) is 3. The number of ether oxygens (including phenoxy) is 1. The number of hydrogen-bond donors (Lipinski definition) is 3. The summed E-state index contributed by atoms with van der Waals surface area (Å²) in [5.74, 6) is 6.59. The molecule has 0 radical (unpaired) electrons. The monoisotopic (exact) mass is 386 g/mol. The smallest absolute Gasteiger partial charge is 0.322 e. The highest BCUT2D eigenvalue weighted by Crippen LogP contribution is 2.23. The van der Waals surface area contributed by atoms with Gasteiger partial charge in [0.15, 0.2) is 11.4 Å². The number of amides is 3. The molecule has 2 rings (SSSR count). The summed E-state index contributed by atoms with van der Waals surface area (Å²) < 4.78 is 10.8. The van der Waals surface area contributed by atoms with Crippen LogP contribution in [0.2, 0.25) is 0 Å². The molecule has 2 aromatic heterocycles. The standard InChI is InChI=1S/C18H22N6O4/c1-5-18(3,22-16(26)20-11-25)10-9-12-14(27-4)8-7-13(21-12)15-23-24-17(28-15)19-6-2/h7-8,11H,5-6H2,1-4H3,(H,19,24)(H2,20,22,25,26)/t18-/m0/s1. The molecule has 0 unspecified atom stereocenters. The molecule has 10 heteroatoms. The maximum Gasteiger partial charge on any atom is 0.322 e. The van der Waals surface area contributed by atoms with Crippen LogP contribution in [0, 0.1) is 11.8 Å². The van der Waals surface area contributed by atoms with Gasteiger partial charge >= 0.3 is 12.0 Å². The van der Waals surface area contributed by atoms with Crippen molar-refractivity contribution in [2.45, 2.75) is 32.7 Å². The zero-order valence-electron chi connectivity index (χ0n) is 16.1. The van der Waals surface area contributed by atoms with Crippen LogP contribution in [0.15, 0.2) is 16.5 Å². The first kappa shape index (κ1) is 20.7. The molecule has 1 atom stereocenters. The van der Waals surface area contributed by atoms with E-state index in [-0.39, 0.29) is 5.89 Å². The second-order valence-electron chi connectivity index (χ2n) is 5.84. The molecule has 148 valence electrons. The SMILES string of the molecule is CCNc1nnc(-c2ccc(OC)c(C#C[C@](C)(CC)NC(=O)NC=O)n2)o1. The minimum atomic E-state index is -0.876. The zero-order chi connectivity index (χ0) is 20.6. The maximum atomic E-state index is 11.7. The highest BCUT2D eigenvalue weighted by molar-refractivity contribution is 5.85. The molecular formula is C18H22N6O4. The number of hydrogen-bond acceptors (Lipinski definition) is 8. The van der Waals surface area contributed by atoms with Gasteiger partial charge in [0.25, 0.3) is 5.89 Å². The lowest BCUT2D eigenvalue weighted by Gasteiger charge is -2.22. The van der Waals surface area contributed by atoms with Crippen LogP contribution in [0.5, 0.6) is 5.75 Å². The van der Waals surface area contributed by atoms with Gasteiger partial charge in [-0.3, -0.25) is 10.1 Å². The van der Waals surface area contributed by atoms with E-state index < -0.39 is 11.6 Å². The fraction of sp³-hybridized carbons (Fsp3) is 0.389. The van der Waals surface area contributed by atoms with E-state index in [1.807, 2.05) is 19.2 Å². The molecule has 0 aromatic carbocycles. The van der Waals surface area contributed by atoms with Gasteiger partial charge < -0.3 is 19.8 Å². The third-order valence-corrected chi connectivity index (χ3v) is 3.79. The maximum absolute atomic E-state index is 11.7. The summed E-state index contributed by atoms with van der Waals surface area (Å²) in [6.07, 6.45) is 0.808. The number of rotatable bonds is 7. The Labute approximate surface area is 162 Å². The van der Waals surface area contributed by atoms with Gasteiger partial charge in [-0.2, -0.15) is 0 Å². The summed E-state index contributed by atoms with van der Waals surface area (Å²) >= 11 is 0. The normalized spacial score (nSPS) is 12.1. The van der Waals surface area contributed by atoms with Crippen LogP contribution < -0.4 is 20.7 Å². The molecule has 2 heterocycles. The molecule has 28 heavy (non-hydrogen) atoms. The largest absolute Gasteiger partial charge is 0.494 e. The van der Waals surface area contributed by atoms with E-state index in [1.165, 1.54) is 7.11 Å². The van der Waals surface area contributed by atoms with Gasteiger partial charge in [0.1, 0.15) is 11.2 Å². The van der Waals surface area contributed by atoms with Gasteiger partial charge in [0, 0.05) is 6.54 Å². The summed E-state index contributed by atoms with van der Waals surface area (Å²) in [5, 5.41) is 15.4. The predicted octanol–water partition coefficient (Wildman–Crippen LogP) is 1.55. The van der Waals surface area contributed by atoms with Crippen molar-refractivity contribution in [2.75, 3.05) is 19.0 Å². The molecule has 0 saturated heterocycles. The van der Waals surface area contributed by atoms with Gasteiger partial charge in [-0.25, -0.2) is 9.78 Å². The topological polar surface area (TPSA) is 131 Å². The second-order valence-corrected chi connectivity index (χ2v) is 5.84. The quantitative estimate of drug-likeness (QED) is 0.482. The Morgan fingerprint density at radius 2 is 2.14 bits per heavy atom. The number of imide groups is 1. The molecule has 10 nitrogen and oxygen atoms in total. The first-order valence-electron chi connectivity index (χ1n) is 8.63. The van der Waals surface area contributed by atoms with E-state index in [1.54, 1.807) is 19.1 Å². The molecule has 0 aliphatic heterocycles. The second kappa shape index (κ2) is 9.36. The van der Waals surface area contributed by atoms with Crippen LogP contribution >= 0.6 is 0 Å². The fourth-order valence-electron chi connectivity index (χ4n) is 2.11. The average molecular weight is 386 g/mol. The number of pyridine rings is 1. The molecule has 2 aromatic rings. The van der Waals surface area contributed by atoms with Crippen molar-refractivity contribution >= 4 is 18.5 Å². The van der Waals surface area contributed by atoms with Gasteiger partial charge in [0.05, 0.1) is 7.11 Å². The molecular weight excluding hydrogens is 364 g/mol. The molecule has 0 saturated carbocycles. The van der Waals surface area contributed by atoms with Crippen molar-refractivity contribution < 1.29 is 18.7 Å². The van der Waals surface area contributed by atoms with Gasteiger partial charge in [-0.05, 0) is 38.3 Å². The summed E-state index contributed by atoms with van der Waals surface area (Å²) in [6, 6.07) is 3.04. The van der Waals surface area contributed by atoms with Crippen LogP contribution in [0.25, 0.3) is 11.6 Å². The third kappa shape index (κ3) is 5.20. The number of nitrogens with one attached hydrogen (secondary N) is 3. The first-order chi connectivity index (χ1) is 13.4. The van der Waals surface area contributed by atoms with Crippen molar-refractivity contribution in [1.29, 1.82) is 0 Å². The van der Waals surface area contributed by atoms with Crippen LogP contribution in [0.3, 0.4) is 0 Å². The Bertz CT molecular complexity index is 901. The average Bonchev–Trinajstić information content (AvgIpc) is 3.15. The molecule has 0 aliphatic rings. The van der Waals surface area contributed by atoms with Crippen molar-refractivity contribution in [3.05, 3.63) is 17.8 Å². The number of methoxy groups -OCH3 is 1. The van der Waals surface area contributed by atoms with Crippen LogP contribution in [0.4, 0.5) is 10.8 Å². The first-order valence-corrected chi connectivity index (χ1v) is 8.63. The number of aromatic nitrogens is 3. The van der Waals surface area contributed by atoms with Crippen LogP contribution in [-0.2, 0) is 4.79 Å². The number of urea groups is 1. The van der Waals surface area contributed by atoms with Gasteiger partial charge in [-0.1, -0.05) is 17.9 Å². The number of carbonyl (C=O) groups is 2. The summed E-state index contributed by atoms with van der Waals surface area (Å²) in [4.78, 5) is 26.5.